The molecular weight excluding hydrogens is 597 g/mol. The number of esters is 1. The van der Waals surface area contributed by atoms with Crippen LogP contribution in [0.25, 0.3) is 20.3 Å². The standard InChI is InChI=1S/C26H21ClN4O3S.C2HF3O2/c1-2-33-23(32)12-16-6-8-19-22(11-16)35-26-24(19)25(29-15-30-26)31-17-7-9-21(20(27)13-17)34-14-18-5-3-4-10-28-18;3-2(4,5)1(6)7/h3-11,13,15H,2,12,14H2,1H3,(H,29,30,31);(H,6,7). The highest BCUT2D eigenvalue weighted by molar-refractivity contribution is 7.25. The van der Waals surface area contributed by atoms with Crippen molar-refractivity contribution in [3.8, 4) is 5.75 Å². The molecule has 9 nitrogen and oxygen atoms in total. The molecule has 0 aliphatic carbocycles. The Morgan fingerprint density at radius 1 is 1.07 bits per heavy atom. The molecule has 0 aliphatic heterocycles. The Balaban J connectivity index is 0.000000517. The monoisotopic (exact) mass is 618 g/mol. The van der Waals surface area contributed by atoms with Crippen molar-refractivity contribution in [2.24, 2.45) is 0 Å². The molecule has 2 N–H and O–H groups in total. The molecule has 0 amide bonds. The summed E-state index contributed by atoms with van der Waals surface area (Å²) in [5.41, 5.74) is 2.50. The van der Waals surface area contributed by atoms with Crippen molar-refractivity contribution < 1.29 is 37.3 Å². The van der Waals surface area contributed by atoms with Crippen molar-refractivity contribution in [1.82, 2.24) is 15.0 Å². The Morgan fingerprint density at radius 3 is 2.52 bits per heavy atom. The van der Waals surface area contributed by atoms with Crippen LogP contribution in [0.4, 0.5) is 24.7 Å². The molecule has 0 unspecified atom stereocenters. The smallest absolute Gasteiger partial charge is 0.486 e. The number of thiophene rings is 1. The van der Waals surface area contributed by atoms with E-state index >= 15 is 0 Å². The first kappa shape index (κ1) is 30.5. The van der Waals surface area contributed by atoms with E-state index in [9.17, 15) is 18.0 Å². The van der Waals surface area contributed by atoms with E-state index in [1.54, 1.807) is 30.5 Å². The number of carbonyl (C=O) groups excluding carboxylic acids is 1. The first-order chi connectivity index (χ1) is 20.0. The molecular formula is C28H22ClF3N4O5S. The number of anilines is 2. The number of ether oxygens (including phenoxy) is 2. The number of benzene rings is 2. The average Bonchev–Trinajstić information content (AvgIpc) is 3.32. The number of aromatic nitrogens is 3. The molecule has 3 heterocycles. The number of hydrogen-bond donors (Lipinski definition) is 2. The van der Waals surface area contributed by atoms with Crippen LogP contribution in [-0.2, 0) is 27.4 Å². The summed E-state index contributed by atoms with van der Waals surface area (Å²) in [6, 6.07) is 17.1. The van der Waals surface area contributed by atoms with E-state index in [4.69, 9.17) is 31.0 Å². The molecule has 0 spiro atoms. The van der Waals surface area contributed by atoms with Gasteiger partial charge in [0.15, 0.2) is 0 Å². The van der Waals surface area contributed by atoms with Gasteiger partial charge in [0.2, 0.25) is 0 Å². The van der Waals surface area contributed by atoms with Gasteiger partial charge in [-0.05, 0) is 48.9 Å². The zero-order valence-electron chi connectivity index (χ0n) is 21.8. The van der Waals surface area contributed by atoms with Gasteiger partial charge in [0.25, 0.3) is 0 Å². The number of fused-ring (bicyclic) bond motifs is 3. The maximum absolute atomic E-state index is 11.9. The number of aliphatic carboxylic acids is 1. The fraction of sp³-hybridized carbons (Fsp3) is 0.179. The van der Waals surface area contributed by atoms with E-state index in [2.05, 4.69) is 20.3 Å². The van der Waals surface area contributed by atoms with Gasteiger partial charge in [0.05, 0.1) is 29.1 Å². The van der Waals surface area contributed by atoms with Gasteiger partial charge in [-0.15, -0.1) is 11.3 Å². The summed E-state index contributed by atoms with van der Waals surface area (Å²) in [5.74, 6) is -1.74. The molecule has 218 valence electrons. The summed E-state index contributed by atoms with van der Waals surface area (Å²) in [5, 5.41) is 12.9. The Kier molecular flexibility index (Phi) is 9.76. The molecule has 0 saturated heterocycles. The normalized spacial score (nSPS) is 11.1. The summed E-state index contributed by atoms with van der Waals surface area (Å²) < 4.78 is 43.7. The van der Waals surface area contributed by atoms with Crippen LogP contribution in [0.15, 0.2) is 67.1 Å². The minimum absolute atomic E-state index is 0.237. The van der Waals surface area contributed by atoms with Crippen molar-refractivity contribution in [2.45, 2.75) is 26.1 Å². The van der Waals surface area contributed by atoms with Gasteiger partial charge in [0, 0.05) is 22.0 Å². The molecule has 5 aromatic rings. The summed E-state index contributed by atoms with van der Waals surface area (Å²) in [6.45, 7) is 2.51. The maximum Gasteiger partial charge on any atom is 0.490 e. The molecule has 14 heteroatoms. The summed E-state index contributed by atoms with van der Waals surface area (Å²) >= 11 is 8.04. The fourth-order valence-corrected chi connectivity index (χ4v) is 5.04. The Hall–Kier alpha value is -4.49. The van der Waals surface area contributed by atoms with Gasteiger partial charge < -0.3 is 19.9 Å². The number of nitrogens with one attached hydrogen (secondary N) is 1. The van der Waals surface area contributed by atoms with E-state index < -0.39 is 12.1 Å². The maximum atomic E-state index is 11.9. The van der Waals surface area contributed by atoms with Crippen LogP contribution in [0, 0.1) is 0 Å². The average molecular weight is 619 g/mol. The number of pyridine rings is 1. The number of carboxylic acids is 1. The van der Waals surface area contributed by atoms with Crippen molar-refractivity contribution >= 4 is 66.7 Å². The van der Waals surface area contributed by atoms with Crippen molar-refractivity contribution in [3.05, 3.63) is 83.4 Å². The van der Waals surface area contributed by atoms with Crippen LogP contribution in [0.1, 0.15) is 18.2 Å². The predicted octanol–water partition coefficient (Wildman–Crippen LogP) is 6.95. The quantitative estimate of drug-likeness (QED) is 0.178. The van der Waals surface area contributed by atoms with Crippen LogP contribution in [0.3, 0.4) is 0 Å². The Labute approximate surface area is 245 Å². The molecule has 0 bridgehead atoms. The van der Waals surface area contributed by atoms with Gasteiger partial charge in [-0.25, -0.2) is 14.8 Å². The minimum atomic E-state index is -5.08. The highest BCUT2D eigenvalue weighted by Gasteiger charge is 2.38. The lowest BCUT2D eigenvalue weighted by Gasteiger charge is -2.11. The van der Waals surface area contributed by atoms with E-state index in [0.29, 0.717) is 29.8 Å². The number of carbonyl (C=O) groups is 2. The number of alkyl halides is 3. The van der Waals surface area contributed by atoms with Crippen LogP contribution in [-0.4, -0.2) is 44.8 Å². The van der Waals surface area contributed by atoms with Crippen LogP contribution < -0.4 is 10.1 Å². The fourth-order valence-electron chi connectivity index (χ4n) is 3.70. The van der Waals surface area contributed by atoms with Crippen molar-refractivity contribution in [3.63, 3.8) is 0 Å². The largest absolute Gasteiger partial charge is 0.490 e. The zero-order valence-corrected chi connectivity index (χ0v) is 23.4. The molecule has 0 radical (unpaired) electrons. The van der Waals surface area contributed by atoms with Gasteiger partial charge in [-0.3, -0.25) is 9.78 Å². The van der Waals surface area contributed by atoms with Crippen molar-refractivity contribution in [1.29, 1.82) is 0 Å². The molecule has 0 atom stereocenters. The molecule has 5 rings (SSSR count). The lowest BCUT2D eigenvalue weighted by atomic mass is 10.1. The van der Waals surface area contributed by atoms with Gasteiger partial charge in [-0.1, -0.05) is 29.8 Å². The third-order valence-corrected chi connectivity index (χ3v) is 6.88. The van der Waals surface area contributed by atoms with Gasteiger partial charge >= 0.3 is 18.1 Å². The topological polar surface area (TPSA) is 124 Å². The lowest BCUT2D eigenvalue weighted by molar-refractivity contribution is -0.192. The molecule has 0 fully saturated rings. The van der Waals surface area contributed by atoms with Crippen LogP contribution in [0.2, 0.25) is 5.02 Å². The van der Waals surface area contributed by atoms with E-state index in [-0.39, 0.29) is 12.4 Å². The highest BCUT2D eigenvalue weighted by Crippen LogP contribution is 2.38. The second-order valence-electron chi connectivity index (χ2n) is 8.50. The van der Waals surface area contributed by atoms with Gasteiger partial charge in [0.1, 0.15) is 29.3 Å². The number of nitrogens with zero attached hydrogens (tertiary/aromatic N) is 3. The number of carboxylic acid groups (broad SMARTS) is 1. The Morgan fingerprint density at radius 2 is 1.86 bits per heavy atom. The third-order valence-electron chi connectivity index (χ3n) is 5.53. The molecule has 3 aromatic heterocycles. The van der Waals surface area contributed by atoms with Gasteiger partial charge in [-0.2, -0.15) is 13.2 Å². The summed E-state index contributed by atoms with van der Waals surface area (Å²) in [4.78, 5) is 34.8. The van der Waals surface area contributed by atoms with Crippen molar-refractivity contribution in [2.75, 3.05) is 11.9 Å². The molecule has 2 aromatic carbocycles. The van der Waals surface area contributed by atoms with E-state index in [0.717, 1.165) is 37.2 Å². The number of hydrogen-bond acceptors (Lipinski definition) is 9. The third kappa shape index (κ3) is 7.83. The van der Waals surface area contributed by atoms with Crippen LogP contribution in [0.5, 0.6) is 5.75 Å². The second-order valence-corrected chi connectivity index (χ2v) is 9.94. The molecule has 0 saturated carbocycles. The summed E-state index contributed by atoms with van der Waals surface area (Å²) in [6.07, 6.45) is -1.58. The SMILES string of the molecule is CCOC(=O)Cc1ccc2c(c1)sc1ncnc(Nc3ccc(OCc4ccccn4)c(Cl)c3)c12.O=C(O)C(F)(F)F. The van der Waals surface area contributed by atoms with Crippen LogP contribution >= 0.6 is 22.9 Å². The second kappa shape index (κ2) is 13.4. The highest BCUT2D eigenvalue weighted by atomic mass is 35.5. The first-order valence-corrected chi connectivity index (χ1v) is 13.5. The number of halogens is 4. The molecule has 42 heavy (non-hydrogen) atoms. The molecule has 0 aliphatic rings. The first-order valence-electron chi connectivity index (χ1n) is 12.3. The zero-order chi connectivity index (χ0) is 30.3. The van der Waals surface area contributed by atoms with E-state index in [1.807, 2.05) is 48.5 Å². The van der Waals surface area contributed by atoms with E-state index in [1.165, 1.54) is 6.33 Å². The predicted molar refractivity (Wildman–Crippen MR) is 152 cm³/mol. The minimum Gasteiger partial charge on any atom is -0.486 e. The lowest BCUT2D eigenvalue weighted by Crippen LogP contribution is -2.21. The summed E-state index contributed by atoms with van der Waals surface area (Å²) in [7, 11) is 0. The number of rotatable bonds is 8. The Bertz CT molecular complexity index is 1720.